The fourth-order valence-corrected chi connectivity index (χ4v) is 2.44. The Morgan fingerprint density at radius 3 is 2.68 bits per heavy atom. The number of nitrogens with one attached hydrogen (secondary N) is 3. The molecule has 0 radical (unpaired) electrons. The molecule has 0 saturated carbocycles. The van der Waals surface area contributed by atoms with Crippen LogP contribution >= 0.6 is 0 Å². The van der Waals surface area contributed by atoms with Gasteiger partial charge in [-0.05, 0) is 30.3 Å². The summed E-state index contributed by atoms with van der Waals surface area (Å²) in [5.74, 6) is 0.944. The zero-order valence-corrected chi connectivity index (χ0v) is 13.4. The van der Waals surface area contributed by atoms with Crippen LogP contribution in [0, 0.1) is 5.82 Å². The van der Waals surface area contributed by atoms with E-state index < -0.39 is 0 Å². The van der Waals surface area contributed by atoms with Crippen LogP contribution in [-0.2, 0) is 7.05 Å². The standard InChI is InChI=1S/C17H15FN7/c1-24-8-2-3-14(10-24)21-17-22-16-9-19-15(11-25(16)23-17)20-13-6-4-12(18)5-7-13/h2-11,20H,1H3,(H,21,23)/q+1/p+1. The fourth-order valence-electron chi connectivity index (χ4n) is 2.44. The molecule has 0 fully saturated rings. The number of nitrogens with zero attached hydrogens (tertiary/aromatic N) is 4. The summed E-state index contributed by atoms with van der Waals surface area (Å²) < 4.78 is 16.7. The van der Waals surface area contributed by atoms with Crippen LogP contribution in [0.3, 0.4) is 0 Å². The first-order valence-electron chi connectivity index (χ1n) is 7.68. The number of fused-ring (bicyclic) bond motifs is 1. The van der Waals surface area contributed by atoms with Gasteiger partial charge >= 0.3 is 11.6 Å². The Morgan fingerprint density at radius 2 is 1.88 bits per heavy atom. The lowest BCUT2D eigenvalue weighted by molar-refractivity contribution is -0.670. The molecule has 3 heterocycles. The first-order chi connectivity index (χ1) is 12.2. The maximum absolute atomic E-state index is 13.0. The fraction of sp³-hybridized carbons (Fsp3) is 0.0588. The number of hydrogen-bond donors (Lipinski definition) is 3. The summed E-state index contributed by atoms with van der Waals surface area (Å²) in [6.45, 7) is 0. The normalized spacial score (nSPS) is 10.8. The largest absolute Gasteiger partial charge is 0.369 e. The van der Waals surface area contributed by atoms with Gasteiger partial charge in [-0.25, -0.2) is 13.9 Å². The summed E-state index contributed by atoms with van der Waals surface area (Å²) in [7, 11) is 1.95. The maximum atomic E-state index is 13.0. The van der Waals surface area contributed by atoms with Gasteiger partial charge in [0.2, 0.25) is 0 Å². The molecule has 0 unspecified atom stereocenters. The number of aromatic amines is 1. The minimum absolute atomic E-state index is 0.276. The second-order valence-corrected chi connectivity index (χ2v) is 5.59. The first kappa shape index (κ1) is 15.0. The Labute approximate surface area is 142 Å². The molecule has 3 N–H and O–H groups in total. The van der Waals surface area contributed by atoms with E-state index in [0.717, 1.165) is 11.4 Å². The molecule has 4 rings (SSSR count). The van der Waals surface area contributed by atoms with E-state index in [1.54, 1.807) is 29.0 Å². The second-order valence-electron chi connectivity index (χ2n) is 5.59. The summed E-state index contributed by atoms with van der Waals surface area (Å²) >= 11 is 0. The first-order valence-corrected chi connectivity index (χ1v) is 7.68. The van der Waals surface area contributed by atoms with Gasteiger partial charge < -0.3 is 5.32 Å². The van der Waals surface area contributed by atoms with Crippen LogP contribution in [0.5, 0.6) is 0 Å². The molecule has 0 bridgehead atoms. The Kier molecular flexibility index (Phi) is 3.70. The number of H-pyrrole nitrogens is 1. The van der Waals surface area contributed by atoms with Crippen LogP contribution in [0.15, 0.2) is 61.2 Å². The predicted molar refractivity (Wildman–Crippen MR) is 90.1 cm³/mol. The Balaban J connectivity index is 1.57. The van der Waals surface area contributed by atoms with Crippen molar-refractivity contribution in [3.63, 3.8) is 0 Å². The number of anilines is 4. The van der Waals surface area contributed by atoms with Crippen LogP contribution in [0.2, 0.25) is 0 Å². The molecule has 124 valence electrons. The number of benzene rings is 1. The Hall–Kier alpha value is -3.55. The SMILES string of the molecule is C[n+]1cccc(Nc2nc3cnc(Nc4ccc(F)cc4)c[n+]3[nH]2)c1. The van der Waals surface area contributed by atoms with E-state index in [1.807, 2.05) is 36.1 Å². The molecule has 3 aromatic heterocycles. The van der Waals surface area contributed by atoms with Gasteiger partial charge in [-0.1, -0.05) is 0 Å². The lowest BCUT2D eigenvalue weighted by Crippen LogP contribution is -2.26. The summed E-state index contributed by atoms with van der Waals surface area (Å²) in [6, 6.07) is 10.0. The molecule has 0 spiro atoms. The molecule has 0 aliphatic rings. The van der Waals surface area contributed by atoms with Crippen molar-refractivity contribution in [2.45, 2.75) is 0 Å². The van der Waals surface area contributed by atoms with Crippen molar-refractivity contribution >= 4 is 28.8 Å². The molecule has 8 heteroatoms. The van der Waals surface area contributed by atoms with Gasteiger partial charge in [-0.3, -0.25) is 5.32 Å². The van der Waals surface area contributed by atoms with Crippen molar-refractivity contribution in [1.82, 2.24) is 15.1 Å². The zero-order chi connectivity index (χ0) is 17.2. The predicted octanol–water partition coefficient (Wildman–Crippen LogP) is 1.99. The van der Waals surface area contributed by atoms with Crippen LogP contribution in [0.4, 0.5) is 27.5 Å². The van der Waals surface area contributed by atoms with E-state index in [2.05, 4.69) is 25.7 Å². The van der Waals surface area contributed by atoms with E-state index in [9.17, 15) is 4.39 Å². The number of aryl methyl sites for hydroxylation is 1. The average molecular weight is 337 g/mol. The lowest BCUT2D eigenvalue weighted by atomic mass is 10.3. The van der Waals surface area contributed by atoms with Crippen LogP contribution < -0.4 is 19.7 Å². The van der Waals surface area contributed by atoms with Gasteiger partial charge in [-0.2, -0.15) is 5.10 Å². The van der Waals surface area contributed by atoms with Gasteiger partial charge in [-0.15, -0.1) is 4.52 Å². The van der Waals surface area contributed by atoms with Crippen LogP contribution in [0.1, 0.15) is 0 Å². The molecular weight excluding hydrogens is 321 g/mol. The topological polar surface area (TPSA) is 73.6 Å². The molecule has 1 aromatic carbocycles. The smallest absolute Gasteiger partial charge is 0.337 e. The van der Waals surface area contributed by atoms with Crippen molar-refractivity contribution in [3.05, 3.63) is 67.0 Å². The van der Waals surface area contributed by atoms with Gasteiger partial charge in [0.1, 0.15) is 24.7 Å². The van der Waals surface area contributed by atoms with Crippen molar-refractivity contribution in [2.24, 2.45) is 7.05 Å². The van der Waals surface area contributed by atoms with Crippen molar-refractivity contribution in [1.29, 1.82) is 0 Å². The average Bonchev–Trinajstić information content (AvgIpc) is 2.98. The van der Waals surface area contributed by atoms with E-state index in [4.69, 9.17) is 0 Å². The highest BCUT2D eigenvalue weighted by molar-refractivity contribution is 5.55. The van der Waals surface area contributed by atoms with Crippen LogP contribution in [-0.4, -0.2) is 15.1 Å². The maximum Gasteiger partial charge on any atom is 0.369 e. The van der Waals surface area contributed by atoms with Crippen molar-refractivity contribution in [2.75, 3.05) is 10.6 Å². The molecule has 7 nitrogen and oxygen atoms in total. The number of halogens is 1. The monoisotopic (exact) mass is 337 g/mol. The number of pyridine rings is 1. The molecule has 0 aliphatic heterocycles. The minimum Gasteiger partial charge on any atom is -0.337 e. The molecule has 0 saturated heterocycles. The molecule has 0 aliphatic carbocycles. The highest BCUT2D eigenvalue weighted by Gasteiger charge is 2.14. The van der Waals surface area contributed by atoms with Gasteiger partial charge in [0.15, 0.2) is 24.4 Å². The summed E-state index contributed by atoms with van der Waals surface area (Å²) in [4.78, 5) is 8.76. The molecule has 25 heavy (non-hydrogen) atoms. The summed E-state index contributed by atoms with van der Waals surface area (Å²) in [6.07, 6.45) is 7.34. The minimum atomic E-state index is -0.276. The summed E-state index contributed by atoms with van der Waals surface area (Å²) in [5.41, 5.74) is 2.35. The molecular formula is C17H16FN7+2. The third-order valence-electron chi connectivity index (χ3n) is 3.59. The van der Waals surface area contributed by atoms with E-state index in [1.165, 1.54) is 12.1 Å². The molecule has 0 amide bonds. The lowest BCUT2D eigenvalue weighted by Gasteiger charge is -2.02. The van der Waals surface area contributed by atoms with Crippen molar-refractivity contribution < 1.29 is 13.5 Å². The molecule has 4 aromatic rings. The van der Waals surface area contributed by atoms with Crippen LogP contribution in [0.25, 0.3) is 5.65 Å². The number of aromatic nitrogens is 5. The van der Waals surface area contributed by atoms with E-state index >= 15 is 0 Å². The Morgan fingerprint density at radius 1 is 1.04 bits per heavy atom. The molecule has 0 atom stereocenters. The summed E-state index contributed by atoms with van der Waals surface area (Å²) in [5, 5.41) is 9.47. The highest BCUT2D eigenvalue weighted by atomic mass is 19.1. The van der Waals surface area contributed by atoms with Gasteiger partial charge in [0.25, 0.3) is 0 Å². The van der Waals surface area contributed by atoms with Crippen molar-refractivity contribution in [3.8, 4) is 0 Å². The Bertz CT molecular complexity index is 1030. The zero-order valence-electron chi connectivity index (χ0n) is 13.4. The number of hydrogen-bond acceptors (Lipinski definition) is 4. The third kappa shape index (κ3) is 3.37. The quantitative estimate of drug-likeness (QED) is 0.498. The van der Waals surface area contributed by atoms with Gasteiger partial charge in [0.05, 0.1) is 0 Å². The second kappa shape index (κ2) is 6.16. The van der Waals surface area contributed by atoms with E-state index in [-0.39, 0.29) is 5.82 Å². The van der Waals surface area contributed by atoms with Gasteiger partial charge in [0, 0.05) is 16.7 Å². The van der Waals surface area contributed by atoms with E-state index in [0.29, 0.717) is 17.4 Å². The third-order valence-corrected chi connectivity index (χ3v) is 3.59. The number of rotatable bonds is 4. The highest BCUT2D eigenvalue weighted by Crippen LogP contribution is 2.14.